The number of anilines is 2. The molecule has 4 heteroatoms. The van der Waals surface area contributed by atoms with Crippen molar-refractivity contribution in [1.29, 1.82) is 0 Å². The van der Waals surface area contributed by atoms with E-state index in [2.05, 4.69) is 51.6 Å². The van der Waals surface area contributed by atoms with Crippen LogP contribution in [0.4, 0.5) is 11.4 Å². The van der Waals surface area contributed by atoms with Gasteiger partial charge in [-0.05, 0) is 68.5 Å². The van der Waals surface area contributed by atoms with E-state index >= 15 is 0 Å². The Hall–Kier alpha value is -3.66. The van der Waals surface area contributed by atoms with Gasteiger partial charge in [-0.25, -0.2) is 0 Å². The summed E-state index contributed by atoms with van der Waals surface area (Å²) in [7, 11) is 0. The van der Waals surface area contributed by atoms with Crippen molar-refractivity contribution in [3.05, 3.63) is 142 Å². The monoisotopic (exact) mass is 537 g/mol. The zero-order valence-electron chi connectivity index (χ0n) is 18.7. The first-order chi connectivity index (χ1) is 17.1. The third-order valence-corrected chi connectivity index (χ3v) is 6.96. The number of benzene rings is 5. The van der Waals surface area contributed by atoms with Gasteiger partial charge >= 0.3 is 0 Å². The van der Waals surface area contributed by atoms with Gasteiger partial charge in [0.1, 0.15) is 0 Å². The quantitative estimate of drug-likeness (QED) is 0.218. The van der Waals surface area contributed by atoms with Crippen LogP contribution in [0.25, 0.3) is 22.3 Å². The Kier molecular flexibility index (Phi) is 6.80. The number of hydrogen-bond acceptors (Lipinski definition) is 2. The third-order valence-electron chi connectivity index (χ3n) is 5.85. The van der Waals surface area contributed by atoms with Crippen molar-refractivity contribution in [2.45, 2.75) is 0 Å². The van der Waals surface area contributed by atoms with Crippen LogP contribution in [0, 0.1) is 0 Å². The van der Waals surface area contributed by atoms with Crippen LogP contribution >= 0.6 is 27.5 Å². The Bertz CT molecular complexity index is 1480. The van der Waals surface area contributed by atoms with E-state index in [-0.39, 0.29) is 5.78 Å². The molecule has 0 saturated heterocycles. The summed E-state index contributed by atoms with van der Waals surface area (Å²) in [5.41, 5.74) is 7.34. The average Bonchev–Trinajstić information content (AvgIpc) is 2.91. The second-order valence-electron chi connectivity index (χ2n) is 8.12. The number of hydrogen-bond donors (Lipinski definition) is 1. The number of halogens is 2. The van der Waals surface area contributed by atoms with Gasteiger partial charge in [0.25, 0.3) is 0 Å². The van der Waals surface area contributed by atoms with Gasteiger partial charge in [0, 0.05) is 26.3 Å². The van der Waals surface area contributed by atoms with Crippen molar-refractivity contribution in [3.8, 4) is 22.3 Å². The fraction of sp³-hybridized carbons (Fsp3) is 0. The van der Waals surface area contributed by atoms with Gasteiger partial charge in [0.05, 0.1) is 5.69 Å². The molecule has 0 fully saturated rings. The second kappa shape index (κ2) is 10.3. The molecule has 0 unspecified atom stereocenters. The molecule has 1 N–H and O–H groups in total. The molecule has 0 aliphatic rings. The summed E-state index contributed by atoms with van der Waals surface area (Å²) in [5, 5.41) is 4.19. The Morgan fingerprint density at radius 2 is 1.17 bits per heavy atom. The van der Waals surface area contributed by atoms with Crippen molar-refractivity contribution in [3.63, 3.8) is 0 Å². The van der Waals surface area contributed by atoms with E-state index < -0.39 is 0 Å². The highest BCUT2D eigenvalue weighted by molar-refractivity contribution is 9.10. The number of carbonyl (C=O) groups is 1. The van der Waals surface area contributed by atoms with Crippen LogP contribution in [0.2, 0.25) is 5.02 Å². The van der Waals surface area contributed by atoms with Crippen LogP contribution < -0.4 is 5.32 Å². The third kappa shape index (κ3) is 5.07. The van der Waals surface area contributed by atoms with E-state index in [4.69, 9.17) is 11.6 Å². The molecule has 35 heavy (non-hydrogen) atoms. The molecule has 0 aromatic heterocycles. The summed E-state index contributed by atoms with van der Waals surface area (Å²) < 4.78 is 0.932. The van der Waals surface area contributed by atoms with Gasteiger partial charge in [-0.1, -0.05) is 103 Å². The highest BCUT2D eigenvalue weighted by Gasteiger charge is 2.15. The van der Waals surface area contributed by atoms with Crippen LogP contribution in [0.15, 0.2) is 126 Å². The van der Waals surface area contributed by atoms with Crippen molar-refractivity contribution in [2.24, 2.45) is 0 Å². The fourth-order valence-electron chi connectivity index (χ4n) is 4.02. The van der Waals surface area contributed by atoms with Gasteiger partial charge in [0.2, 0.25) is 0 Å². The minimum absolute atomic E-state index is 0.0150. The number of carbonyl (C=O) groups excluding carboxylic acids is 1. The molecule has 0 heterocycles. The van der Waals surface area contributed by atoms with Crippen molar-refractivity contribution in [2.75, 3.05) is 5.32 Å². The molecule has 0 aliphatic carbocycles. The molecule has 0 amide bonds. The smallest absolute Gasteiger partial charge is 0.195 e. The Balaban J connectivity index is 1.44. The topological polar surface area (TPSA) is 29.1 Å². The van der Waals surface area contributed by atoms with Crippen LogP contribution in [-0.4, -0.2) is 5.78 Å². The lowest BCUT2D eigenvalue weighted by molar-refractivity contribution is 0.103. The highest BCUT2D eigenvalue weighted by Crippen LogP contribution is 2.37. The zero-order valence-corrected chi connectivity index (χ0v) is 21.1. The lowest BCUT2D eigenvalue weighted by Gasteiger charge is -2.15. The maximum atomic E-state index is 13.1. The molecule has 5 rings (SSSR count). The molecule has 2 nitrogen and oxygen atoms in total. The first-order valence-corrected chi connectivity index (χ1v) is 12.4. The SMILES string of the molecule is O=C(c1ccccc1)c1ccccc1Nc1cccc(-c2ccc(-c3ccc(Cl)cc3)cc2)c1Br. The van der Waals surface area contributed by atoms with Crippen LogP contribution in [0.5, 0.6) is 0 Å². The molecule has 0 bridgehead atoms. The first-order valence-electron chi connectivity index (χ1n) is 11.2. The van der Waals surface area contributed by atoms with E-state index in [0.29, 0.717) is 11.1 Å². The maximum Gasteiger partial charge on any atom is 0.195 e. The number of para-hydroxylation sites is 1. The average molecular weight is 539 g/mol. The Morgan fingerprint density at radius 3 is 1.89 bits per heavy atom. The summed E-state index contributed by atoms with van der Waals surface area (Å²) in [6.07, 6.45) is 0. The van der Waals surface area contributed by atoms with Crippen molar-refractivity contribution in [1.82, 2.24) is 0 Å². The van der Waals surface area contributed by atoms with Crippen LogP contribution in [0.1, 0.15) is 15.9 Å². The minimum Gasteiger partial charge on any atom is -0.354 e. The fourth-order valence-corrected chi connectivity index (χ4v) is 4.73. The lowest BCUT2D eigenvalue weighted by atomic mass is 9.99. The predicted molar refractivity (Wildman–Crippen MR) is 150 cm³/mol. The molecular weight excluding hydrogens is 518 g/mol. The van der Waals surface area contributed by atoms with Crippen molar-refractivity contribution < 1.29 is 4.79 Å². The summed E-state index contributed by atoms with van der Waals surface area (Å²) in [5.74, 6) is -0.0150. The number of nitrogens with one attached hydrogen (secondary N) is 1. The lowest BCUT2D eigenvalue weighted by Crippen LogP contribution is -2.05. The normalized spacial score (nSPS) is 10.7. The van der Waals surface area contributed by atoms with Crippen LogP contribution in [-0.2, 0) is 0 Å². The highest BCUT2D eigenvalue weighted by atomic mass is 79.9. The molecule has 0 atom stereocenters. The van der Waals surface area contributed by atoms with E-state index in [0.717, 1.165) is 43.1 Å². The van der Waals surface area contributed by atoms with Gasteiger partial charge < -0.3 is 5.32 Å². The summed E-state index contributed by atoms with van der Waals surface area (Å²) >= 11 is 9.81. The largest absolute Gasteiger partial charge is 0.354 e. The standard InChI is InChI=1S/C31H21BrClNO/c32-30-26(23-15-13-21(14-16-23)22-17-19-25(33)20-18-22)10-6-12-29(30)34-28-11-5-4-9-27(28)31(35)24-7-2-1-3-8-24/h1-20,34H. The molecule has 0 saturated carbocycles. The first kappa shape index (κ1) is 23.1. The zero-order chi connectivity index (χ0) is 24.2. The minimum atomic E-state index is -0.0150. The molecule has 0 aliphatic heterocycles. The molecule has 0 radical (unpaired) electrons. The Morgan fingerprint density at radius 1 is 0.600 bits per heavy atom. The molecule has 5 aromatic carbocycles. The van der Waals surface area contributed by atoms with Crippen molar-refractivity contribution >= 4 is 44.7 Å². The van der Waals surface area contributed by atoms with Gasteiger partial charge in [-0.2, -0.15) is 0 Å². The summed E-state index contributed by atoms with van der Waals surface area (Å²) in [6.45, 7) is 0. The van der Waals surface area contributed by atoms with Crippen LogP contribution in [0.3, 0.4) is 0 Å². The molecule has 170 valence electrons. The van der Waals surface area contributed by atoms with Gasteiger partial charge in [-0.3, -0.25) is 4.79 Å². The Labute approximate surface area is 218 Å². The summed E-state index contributed by atoms with van der Waals surface area (Å²) in [4.78, 5) is 13.1. The molecule has 0 spiro atoms. The van der Waals surface area contributed by atoms with E-state index in [9.17, 15) is 4.79 Å². The number of ketones is 1. The van der Waals surface area contributed by atoms with E-state index in [1.54, 1.807) is 0 Å². The van der Waals surface area contributed by atoms with E-state index in [1.807, 2.05) is 91.0 Å². The van der Waals surface area contributed by atoms with E-state index in [1.165, 1.54) is 0 Å². The molecule has 5 aromatic rings. The second-order valence-corrected chi connectivity index (χ2v) is 9.35. The summed E-state index contributed by atoms with van der Waals surface area (Å²) in [6, 6.07) is 39.3. The predicted octanol–water partition coefficient (Wildman–Crippen LogP) is 9.41. The van der Waals surface area contributed by atoms with Gasteiger partial charge in [-0.15, -0.1) is 0 Å². The van der Waals surface area contributed by atoms with Gasteiger partial charge in [0.15, 0.2) is 5.78 Å². The molecular formula is C31H21BrClNO. The maximum absolute atomic E-state index is 13.1. The number of rotatable bonds is 6.